The van der Waals surface area contributed by atoms with Crippen LogP contribution in [0.5, 0.6) is 0 Å². The van der Waals surface area contributed by atoms with E-state index in [-0.39, 0.29) is 30.6 Å². The van der Waals surface area contributed by atoms with Gasteiger partial charge in [-0.2, -0.15) is 0 Å². The van der Waals surface area contributed by atoms with Crippen molar-refractivity contribution in [2.75, 3.05) is 23.3 Å². The molecule has 4 rings (SSSR count). The van der Waals surface area contributed by atoms with Gasteiger partial charge in [-0.05, 0) is 61.8 Å². The smallest absolute Gasteiger partial charge is 0.255 e. The maximum atomic E-state index is 12.7. The van der Waals surface area contributed by atoms with Crippen molar-refractivity contribution >= 4 is 29.1 Å². The average Bonchev–Trinajstić information content (AvgIpc) is 3.33. The van der Waals surface area contributed by atoms with E-state index < -0.39 is 0 Å². The Hall–Kier alpha value is -2.99. The Kier molecular flexibility index (Phi) is 5.21. The summed E-state index contributed by atoms with van der Waals surface area (Å²) in [5, 5.41) is 2.99. The SMILES string of the molecule is O=C(Nc1ccccc1CN1CCCC1)c1ccc(N2C(=O)CCC2=O)cc1. The van der Waals surface area contributed by atoms with Crippen LogP contribution in [-0.2, 0) is 16.1 Å². The summed E-state index contributed by atoms with van der Waals surface area (Å²) in [6.07, 6.45) is 2.94. The number of hydrogen-bond acceptors (Lipinski definition) is 4. The summed E-state index contributed by atoms with van der Waals surface area (Å²) in [4.78, 5) is 40.0. The van der Waals surface area contributed by atoms with Gasteiger partial charge in [-0.3, -0.25) is 24.2 Å². The molecule has 2 aromatic carbocycles. The lowest BCUT2D eigenvalue weighted by atomic mass is 10.1. The van der Waals surface area contributed by atoms with Crippen LogP contribution in [0.3, 0.4) is 0 Å². The maximum absolute atomic E-state index is 12.7. The molecule has 2 saturated heterocycles. The number of likely N-dealkylation sites (tertiary alicyclic amines) is 1. The van der Waals surface area contributed by atoms with Crippen LogP contribution < -0.4 is 10.2 Å². The highest BCUT2D eigenvalue weighted by Crippen LogP contribution is 2.24. The predicted molar refractivity (Wildman–Crippen MR) is 107 cm³/mol. The molecule has 2 aliphatic heterocycles. The van der Waals surface area contributed by atoms with E-state index in [0.717, 1.165) is 30.9 Å². The zero-order valence-corrected chi connectivity index (χ0v) is 15.7. The van der Waals surface area contributed by atoms with Gasteiger partial charge in [-0.25, -0.2) is 0 Å². The van der Waals surface area contributed by atoms with Crippen LogP contribution in [0.2, 0.25) is 0 Å². The van der Waals surface area contributed by atoms with Crippen LogP contribution >= 0.6 is 0 Å². The number of anilines is 2. The van der Waals surface area contributed by atoms with Crippen LogP contribution in [0.1, 0.15) is 41.6 Å². The number of benzene rings is 2. The molecule has 2 aliphatic rings. The first-order chi connectivity index (χ1) is 13.6. The summed E-state index contributed by atoms with van der Waals surface area (Å²) >= 11 is 0. The van der Waals surface area contributed by atoms with Crippen molar-refractivity contribution in [2.45, 2.75) is 32.2 Å². The molecule has 0 atom stereocenters. The van der Waals surface area contributed by atoms with Crippen molar-refractivity contribution in [1.82, 2.24) is 4.90 Å². The molecule has 2 fully saturated rings. The van der Waals surface area contributed by atoms with E-state index in [1.165, 1.54) is 17.7 Å². The van der Waals surface area contributed by atoms with Gasteiger partial charge in [-0.15, -0.1) is 0 Å². The normalized spacial score (nSPS) is 17.4. The number of nitrogens with one attached hydrogen (secondary N) is 1. The second kappa shape index (κ2) is 7.94. The van der Waals surface area contributed by atoms with Crippen molar-refractivity contribution in [3.8, 4) is 0 Å². The molecule has 0 radical (unpaired) electrons. The third kappa shape index (κ3) is 3.82. The van der Waals surface area contributed by atoms with E-state index in [2.05, 4.69) is 10.2 Å². The van der Waals surface area contributed by atoms with Gasteiger partial charge in [0.25, 0.3) is 5.91 Å². The highest BCUT2D eigenvalue weighted by atomic mass is 16.2. The average molecular weight is 377 g/mol. The molecule has 2 heterocycles. The van der Waals surface area contributed by atoms with Crippen LogP contribution in [0, 0.1) is 0 Å². The number of para-hydroxylation sites is 1. The Morgan fingerprint density at radius 2 is 1.54 bits per heavy atom. The van der Waals surface area contributed by atoms with Gasteiger partial charge in [0, 0.05) is 30.6 Å². The quantitative estimate of drug-likeness (QED) is 0.813. The fourth-order valence-electron chi connectivity index (χ4n) is 3.78. The summed E-state index contributed by atoms with van der Waals surface area (Å²) in [6.45, 7) is 3.02. The molecule has 0 aliphatic carbocycles. The second-order valence-corrected chi connectivity index (χ2v) is 7.26. The fraction of sp³-hybridized carbons (Fsp3) is 0.318. The fourth-order valence-corrected chi connectivity index (χ4v) is 3.78. The molecule has 6 nitrogen and oxygen atoms in total. The van der Waals surface area contributed by atoms with Crippen molar-refractivity contribution < 1.29 is 14.4 Å². The molecule has 6 heteroatoms. The van der Waals surface area contributed by atoms with E-state index in [0.29, 0.717) is 11.3 Å². The van der Waals surface area contributed by atoms with Crippen molar-refractivity contribution in [3.05, 3.63) is 59.7 Å². The Bertz CT molecular complexity index is 885. The van der Waals surface area contributed by atoms with Crippen LogP contribution in [-0.4, -0.2) is 35.7 Å². The molecule has 28 heavy (non-hydrogen) atoms. The van der Waals surface area contributed by atoms with Gasteiger partial charge >= 0.3 is 0 Å². The molecule has 1 N–H and O–H groups in total. The molecule has 2 aromatic rings. The summed E-state index contributed by atoms with van der Waals surface area (Å²) in [5.74, 6) is -0.601. The van der Waals surface area contributed by atoms with Gasteiger partial charge in [-0.1, -0.05) is 18.2 Å². The second-order valence-electron chi connectivity index (χ2n) is 7.26. The lowest BCUT2D eigenvalue weighted by molar-refractivity contribution is -0.121. The zero-order valence-electron chi connectivity index (χ0n) is 15.7. The minimum absolute atomic E-state index is 0.196. The van der Waals surface area contributed by atoms with E-state index in [1.807, 2.05) is 24.3 Å². The molecular weight excluding hydrogens is 354 g/mol. The number of nitrogens with zero attached hydrogens (tertiary/aromatic N) is 2. The molecular formula is C22H23N3O3. The minimum Gasteiger partial charge on any atom is -0.322 e. The monoisotopic (exact) mass is 377 g/mol. The highest BCUT2D eigenvalue weighted by Gasteiger charge is 2.30. The lowest BCUT2D eigenvalue weighted by Crippen LogP contribution is -2.28. The first-order valence-electron chi connectivity index (χ1n) is 9.69. The number of carbonyl (C=O) groups excluding carboxylic acids is 3. The van der Waals surface area contributed by atoms with Gasteiger partial charge in [0.1, 0.15) is 0 Å². The highest BCUT2D eigenvalue weighted by molar-refractivity contribution is 6.20. The van der Waals surface area contributed by atoms with E-state index in [1.54, 1.807) is 24.3 Å². The van der Waals surface area contributed by atoms with Crippen molar-refractivity contribution in [2.24, 2.45) is 0 Å². The maximum Gasteiger partial charge on any atom is 0.255 e. The largest absolute Gasteiger partial charge is 0.322 e. The number of imide groups is 1. The van der Waals surface area contributed by atoms with Crippen LogP contribution in [0.15, 0.2) is 48.5 Å². The molecule has 144 valence electrons. The molecule has 0 aromatic heterocycles. The molecule has 0 saturated carbocycles. The Labute approximate surface area is 164 Å². The molecule has 0 spiro atoms. The Balaban J connectivity index is 1.47. The van der Waals surface area contributed by atoms with Gasteiger partial charge in [0.05, 0.1) is 5.69 Å². The van der Waals surface area contributed by atoms with Crippen LogP contribution in [0.25, 0.3) is 0 Å². The molecule has 0 unspecified atom stereocenters. The van der Waals surface area contributed by atoms with Gasteiger partial charge < -0.3 is 5.32 Å². The number of hydrogen-bond donors (Lipinski definition) is 1. The number of amides is 3. The third-order valence-corrected chi connectivity index (χ3v) is 5.30. The minimum atomic E-state index is -0.209. The lowest BCUT2D eigenvalue weighted by Gasteiger charge is -2.18. The van der Waals surface area contributed by atoms with E-state index in [9.17, 15) is 14.4 Å². The third-order valence-electron chi connectivity index (χ3n) is 5.30. The topological polar surface area (TPSA) is 69.7 Å². The number of rotatable bonds is 5. The summed E-state index contributed by atoms with van der Waals surface area (Å²) in [5.41, 5.74) is 2.91. The Morgan fingerprint density at radius 1 is 0.893 bits per heavy atom. The summed E-state index contributed by atoms with van der Waals surface area (Å²) in [7, 11) is 0. The first kappa shape index (κ1) is 18.4. The van der Waals surface area contributed by atoms with E-state index in [4.69, 9.17) is 0 Å². The van der Waals surface area contributed by atoms with Gasteiger partial charge in [0.15, 0.2) is 0 Å². The standard InChI is InChI=1S/C22H23N3O3/c26-20-11-12-21(27)25(20)18-9-7-16(8-10-18)22(28)23-19-6-2-1-5-17(19)15-24-13-3-4-14-24/h1-2,5-10H,3-4,11-15H2,(H,23,28). The summed E-state index contributed by atoms with van der Waals surface area (Å²) < 4.78 is 0. The van der Waals surface area contributed by atoms with E-state index >= 15 is 0 Å². The predicted octanol–water partition coefficient (Wildman–Crippen LogP) is 3.19. The molecule has 3 amide bonds. The summed E-state index contributed by atoms with van der Waals surface area (Å²) in [6, 6.07) is 14.4. The Morgan fingerprint density at radius 3 is 2.21 bits per heavy atom. The van der Waals surface area contributed by atoms with Gasteiger partial charge in [0.2, 0.25) is 11.8 Å². The molecule has 0 bridgehead atoms. The number of carbonyl (C=O) groups is 3. The van der Waals surface area contributed by atoms with Crippen molar-refractivity contribution in [3.63, 3.8) is 0 Å². The zero-order chi connectivity index (χ0) is 19.5. The van der Waals surface area contributed by atoms with Crippen molar-refractivity contribution in [1.29, 1.82) is 0 Å². The first-order valence-corrected chi connectivity index (χ1v) is 9.69. The van der Waals surface area contributed by atoms with Crippen LogP contribution in [0.4, 0.5) is 11.4 Å².